The first-order chi connectivity index (χ1) is 6.26. The largest absolute Gasteiger partial charge is 0.335 e. The average molecular weight is 185 g/mol. The zero-order valence-corrected chi connectivity index (χ0v) is 8.42. The predicted octanol–water partition coefficient (Wildman–Crippen LogP) is 0.553. The third-order valence-electron chi connectivity index (χ3n) is 1.72. The monoisotopic (exact) mass is 185 g/mol. The van der Waals surface area contributed by atoms with E-state index in [4.69, 9.17) is 5.73 Å². The van der Waals surface area contributed by atoms with Crippen molar-refractivity contribution >= 4 is 6.03 Å². The molecule has 4 heteroatoms. The van der Waals surface area contributed by atoms with E-state index in [1.807, 2.05) is 26.0 Å². The van der Waals surface area contributed by atoms with Crippen molar-refractivity contribution in [2.75, 3.05) is 26.2 Å². The number of carbonyl (C=O) groups is 1. The van der Waals surface area contributed by atoms with Crippen molar-refractivity contribution in [3.8, 4) is 0 Å². The van der Waals surface area contributed by atoms with E-state index in [0.717, 1.165) is 13.1 Å². The van der Waals surface area contributed by atoms with Gasteiger partial charge in [-0.15, -0.1) is 0 Å². The normalized spacial score (nSPS) is 10.4. The molecule has 0 saturated carbocycles. The molecule has 2 amide bonds. The van der Waals surface area contributed by atoms with Crippen LogP contribution in [-0.2, 0) is 0 Å². The summed E-state index contributed by atoms with van der Waals surface area (Å²) in [7, 11) is 0. The summed E-state index contributed by atoms with van der Waals surface area (Å²) in [5.74, 6) is 0. The van der Waals surface area contributed by atoms with Gasteiger partial charge in [0.1, 0.15) is 0 Å². The Labute approximate surface area is 79.8 Å². The predicted molar refractivity (Wildman–Crippen MR) is 54.5 cm³/mol. The van der Waals surface area contributed by atoms with Crippen LogP contribution in [0.3, 0.4) is 0 Å². The van der Waals surface area contributed by atoms with Gasteiger partial charge in [-0.05, 0) is 13.8 Å². The fourth-order valence-electron chi connectivity index (χ4n) is 0.948. The zero-order chi connectivity index (χ0) is 10.1. The van der Waals surface area contributed by atoms with Crippen LogP contribution in [0, 0.1) is 0 Å². The Morgan fingerprint density at radius 2 is 2.00 bits per heavy atom. The molecular formula is C9H19N3O. The van der Waals surface area contributed by atoms with E-state index in [-0.39, 0.29) is 6.03 Å². The summed E-state index contributed by atoms with van der Waals surface area (Å²) < 4.78 is 0. The first kappa shape index (κ1) is 12.0. The summed E-state index contributed by atoms with van der Waals surface area (Å²) >= 11 is 0. The summed E-state index contributed by atoms with van der Waals surface area (Å²) in [5.41, 5.74) is 5.25. The molecular weight excluding hydrogens is 166 g/mol. The average Bonchev–Trinajstić information content (AvgIpc) is 2.14. The maximum Gasteiger partial charge on any atom is 0.317 e. The second-order valence-electron chi connectivity index (χ2n) is 2.57. The van der Waals surface area contributed by atoms with Gasteiger partial charge in [0.15, 0.2) is 0 Å². The zero-order valence-electron chi connectivity index (χ0n) is 8.42. The van der Waals surface area contributed by atoms with Gasteiger partial charge in [0.2, 0.25) is 0 Å². The standard InChI is InChI=1S/C9H19N3O/c1-3-12(4-2)9(13)11-8-6-5-7-10/h5-6H,3-4,7-8,10H2,1-2H3,(H,11,13)/b6-5+. The van der Waals surface area contributed by atoms with Crippen LogP contribution in [0.1, 0.15) is 13.8 Å². The lowest BCUT2D eigenvalue weighted by molar-refractivity contribution is 0.204. The number of carbonyl (C=O) groups excluding carboxylic acids is 1. The Bertz CT molecular complexity index is 164. The maximum absolute atomic E-state index is 11.3. The minimum absolute atomic E-state index is 0.0216. The van der Waals surface area contributed by atoms with Gasteiger partial charge < -0.3 is 16.0 Å². The molecule has 0 aliphatic carbocycles. The summed E-state index contributed by atoms with van der Waals surface area (Å²) in [6.45, 7) is 6.46. The number of hydrogen-bond donors (Lipinski definition) is 2. The van der Waals surface area contributed by atoms with Crippen molar-refractivity contribution in [3.63, 3.8) is 0 Å². The van der Waals surface area contributed by atoms with E-state index in [2.05, 4.69) is 5.32 Å². The SMILES string of the molecule is CCN(CC)C(=O)NC/C=C/CN. The second kappa shape index (κ2) is 7.61. The van der Waals surface area contributed by atoms with Crippen LogP contribution >= 0.6 is 0 Å². The van der Waals surface area contributed by atoms with Gasteiger partial charge in [-0.3, -0.25) is 0 Å². The number of nitrogens with one attached hydrogen (secondary N) is 1. The van der Waals surface area contributed by atoms with Crippen LogP contribution in [0.4, 0.5) is 4.79 Å². The van der Waals surface area contributed by atoms with E-state index >= 15 is 0 Å². The molecule has 0 aliphatic heterocycles. The van der Waals surface area contributed by atoms with Gasteiger partial charge >= 0.3 is 6.03 Å². The summed E-state index contributed by atoms with van der Waals surface area (Å²) in [4.78, 5) is 13.1. The number of nitrogens with two attached hydrogens (primary N) is 1. The lowest BCUT2D eigenvalue weighted by Crippen LogP contribution is -2.39. The van der Waals surface area contributed by atoms with Gasteiger partial charge in [0.05, 0.1) is 0 Å². The Hall–Kier alpha value is -1.03. The minimum atomic E-state index is -0.0216. The molecule has 0 aromatic carbocycles. The number of urea groups is 1. The second-order valence-corrected chi connectivity index (χ2v) is 2.57. The van der Waals surface area contributed by atoms with Crippen molar-refractivity contribution in [2.24, 2.45) is 5.73 Å². The Kier molecular flexibility index (Phi) is 7.01. The van der Waals surface area contributed by atoms with Crippen LogP contribution in [0.5, 0.6) is 0 Å². The highest BCUT2D eigenvalue weighted by molar-refractivity contribution is 5.74. The van der Waals surface area contributed by atoms with Crippen LogP contribution in [0.2, 0.25) is 0 Å². The van der Waals surface area contributed by atoms with E-state index in [9.17, 15) is 4.79 Å². The molecule has 0 bridgehead atoms. The summed E-state index contributed by atoms with van der Waals surface area (Å²) in [5, 5.41) is 2.76. The quantitative estimate of drug-likeness (QED) is 0.615. The van der Waals surface area contributed by atoms with Crippen LogP contribution in [0.15, 0.2) is 12.2 Å². The van der Waals surface area contributed by atoms with Crippen molar-refractivity contribution < 1.29 is 4.79 Å². The van der Waals surface area contributed by atoms with E-state index in [0.29, 0.717) is 13.1 Å². The Morgan fingerprint density at radius 3 is 2.46 bits per heavy atom. The molecule has 0 saturated heterocycles. The fourth-order valence-corrected chi connectivity index (χ4v) is 0.948. The molecule has 3 N–H and O–H groups in total. The molecule has 0 aromatic rings. The van der Waals surface area contributed by atoms with Gasteiger partial charge in [-0.1, -0.05) is 12.2 Å². The van der Waals surface area contributed by atoms with E-state index in [1.165, 1.54) is 0 Å². The van der Waals surface area contributed by atoms with E-state index in [1.54, 1.807) is 4.90 Å². The summed E-state index contributed by atoms with van der Waals surface area (Å²) in [6.07, 6.45) is 3.67. The highest BCUT2D eigenvalue weighted by Gasteiger charge is 2.05. The van der Waals surface area contributed by atoms with Gasteiger partial charge in [0, 0.05) is 26.2 Å². The number of rotatable bonds is 5. The number of amides is 2. The molecule has 0 radical (unpaired) electrons. The maximum atomic E-state index is 11.3. The molecule has 13 heavy (non-hydrogen) atoms. The van der Waals surface area contributed by atoms with Crippen LogP contribution < -0.4 is 11.1 Å². The topological polar surface area (TPSA) is 58.4 Å². The van der Waals surface area contributed by atoms with Gasteiger partial charge in [0.25, 0.3) is 0 Å². The van der Waals surface area contributed by atoms with Crippen molar-refractivity contribution in [2.45, 2.75) is 13.8 Å². The molecule has 0 aromatic heterocycles. The number of hydrogen-bond acceptors (Lipinski definition) is 2. The Balaban J connectivity index is 3.66. The van der Waals surface area contributed by atoms with Crippen molar-refractivity contribution in [1.29, 1.82) is 0 Å². The van der Waals surface area contributed by atoms with Crippen molar-refractivity contribution in [1.82, 2.24) is 10.2 Å². The van der Waals surface area contributed by atoms with Crippen LogP contribution in [0.25, 0.3) is 0 Å². The molecule has 0 spiro atoms. The fraction of sp³-hybridized carbons (Fsp3) is 0.667. The van der Waals surface area contributed by atoms with Crippen LogP contribution in [-0.4, -0.2) is 37.1 Å². The molecule has 0 unspecified atom stereocenters. The highest BCUT2D eigenvalue weighted by atomic mass is 16.2. The minimum Gasteiger partial charge on any atom is -0.335 e. The third-order valence-corrected chi connectivity index (χ3v) is 1.72. The molecule has 0 atom stereocenters. The Morgan fingerprint density at radius 1 is 1.38 bits per heavy atom. The van der Waals surface area contributed by atoms with E-state index < -0.39 is 0 Å². The third kappa shape index (κ3) is 5.25. The molecule has 0 fully saturated rings. The molecule has 4 nitrogen and oxygen atoms in total. The first-order valence-electron chi connectivity index (χ1n) is 4.64. The van der Waals surface area contributed by atoms with Crippen molar-refractivity contribution in [3.05, 3.63) is 12.2 Å². The van der Waals surface area contributed by atoms with Gasteiger partial charge in [-0.2, -0.15) is 0 Å². The number of nitrogens with zero attached hydrogens (tertiary/aromatic N) is 1. The lowest BCUT2D eigenvalue weighted by Gasteiger charge is -2.18. The van der Waals surface area contributed by atoms with Gasteiger partial charge in [-0.25, -0.2) is 4.79 Å². The smallest absolute Gasteiger partial charge is 0.317 e. The summed E-state index contributed by atoms with van der Waals surface area (Å²) in [6, 6.07) is -0.0216. The molecule has 76 valence electrons. The molecule has 0 aliphatic rings. The molecule has 0 rings (SSSR count). The highest BCUT2D eigenvalue weighted by Crippen LogP contribution is 1.87. The lowest BCUT2D eigenvalue weighted by atomic mass is 10.5. The first-order valence-corrected chi connectivity index (χ1v) is 4.64. The molecule has 0 heterocycles.